The highest BCUT2D eigenvalue weighted by molar-refractivity contribution is 8.00. The minimum Gasteiger partial charge on any atom is -0.466 e. The predicted molar refractivity (Wildman–Crippen MR) is 100 cm³/mol. The van der Waals surface area contributed by atoms with Crippen LogP contribution in [-0.4, -0.2) is 44.4 Å². The van der Waals surface area contributed by atoms with E-state index in [-0.39, 0.29) is 18.3 Å². The number of hydrogen-bond donors (Lipinski definition) is 2. The number of primary amides is 1. The van der Waals surface area contributed by atoms with Crippen LogP contribution in [0.25, 0.3) is 0 Å². The maximum atomic E-state index is 12.4. The van der Waals surface area contributed by atoms with Gasteiger partial charge >= 0.3 is 5.97 Å². The van der Waals surface area contributed by atoms with Gasteiger partial charge in [0.2, 0.25) is 11.8 Å². The van der Waals surface area contributed by atoms with Gasteiger partial charge in [0.05, 0.1) is 11.9 Å². The number of carbonyl (C=O) groups is 3. The van der Waals surface area contributed by atoms with Crippen LogP contribution in [0, 0.1) is 0 Å². The molecule has 0 spiro atoms. The fraction of sp³-hybridized carbons (Fsp3) is 0.353. The number of amides is 2. The van der Waals surface area contributed by atoms with Crippen molar-refractivity contribution in [1.82, 2.24) is 14.8 Å². The second-order valence-electron chi connectivity index (χ2n) is 5.63. The van der Waals surface area contributed by atoms with Crippen LogP contribution in [0.15, 0.2) is 29.4 Å². The Bertz CT molecular complexity index is 834. The van der Waals surface area contributed by atoms with Crippen LogP contribution in [0.1, 0.15) is 30.0 Å². The summed E-state index contributed by atoms with van der Waals surface area (Å²) in [6.07, 6.45) is 0.0185. The highest BCUT2D eigenvalue weighted by Crippen LogP contribution is 2.23. The van der Waals surface area contributed by atoms with Gasteiger partial charge < -0.3 is 20.4 Å². The van der Waals surface area contributed by atoms with Crippen LogP contribution in [0.3, 0.4) is 0 Å². The van der Waals surface area contributed by atoms with E-state index in [9.17, 15) is 14.4 Å². The molecule has 0 saturated heterocycles. The van der Waals surface area contributed by atoms with Crippen LogP contribution in [0.4, 0.5) is 5.69 Å². The summed E-state index contributed by atoms with van der Waals surface area (Å²) >= 11 is 1.22. The van der Waals surface area contributed by atoms with Crippen LogP contribution >= 0.6 is 11.8 Å². The van der Waals surface area contributed by atoms with Crippen LogP contribution in [-0.2, 0) is 27.8 Å². The summed E-state index contributed by atoms with van der Waals surface area (Å²) in [7, 11) is 1.73. The van der Waals surface area contributed by atoms with Gasteiger partial charge in [0.1, 0.15) is 12.2 Å². The number of nitrogens with two attached hydrogens (primary N) is 1. The molecule has 1 aromatic heterocycles. The van der Waals surface area contributed by atoms with Gasteiger partial charge in [0.15, 0.2) is 5.16 Å². The molecule has 1 aromatic carbocycles. The zero-order valence-electron chi connectivity index (χ0n) is 15.3. The van der Waals surface area contributed by atoms with Crippen molar-refractivity contribution >= 4 is 35.2 Å². The minimum absolute atomic E-state index is 0.0185. The van der Waals surface area contributed by atoms with Crippen molar-refractivity contribution in [3.05, 3.63) is 35.7 Å². The lowest BCUT2D eigenvalue weighted by atomic mass is 10.2. The predicted octanol–water partition coefficient (Wildman–Crippen LogP) is 1.14. The van der Waals surface area contributed by atoms with Crippen molar-refractivity contribution in [2.45, 2.75) is 30.7 Å². The molecule has 10 heteroatoms. The fourth-order valence-electron chi connectivity index (χ4n) is 2.12. The molecule has 144 valence electrons. The molecule has 1 atom stereocenters. The highest BCUT2D eigenvalue weighted by Gasteiger charge is 2.20. The van der Waals surface area contributed by atoms with E-state index < -0.39 is 11.2 Å². The van der Waals surface area contributed by atoms with Gasteiger partial charge in [-0.05, 0) is 38.1 Å². The lowest BCUT2D eigenvalue weighted by Gasteiger charge is -2.12. The maximum Gasteiger partial charge on any atom is 0.313 e. The number of carbonyl (C=O) groups excluding carboxylic acids is 3. The zero-order valence-corrected chi connectivity index (χ0v) is 16.1. The Morgan fingerprint density at radius 1 is 1.26 bits per heavy atom. The second-order valence-corrected chi connectivity index (χ2v) is 6.94. The molecule has 0 aliphatic heterocycles. The molecule has 1 heterocycles. The summed E-state index contributed by atoms with van der Waals surface area (Å²) in [6, 6.07) is 6.30. The molecule has 0 saturated carbocycles. The lowest BCUT2D eigenvalue weighted by molar-refractivity contribution is -0.142. The van der Waals surface area contributed by atoms with E-state index in [2.05, 4.69) is 15.5 Å². The molecule has 27 heavy (non-hydrogen) atoms. The normalized spacial score (nSPS) is 11.7. The number of thioether (sulfide) groups is 1. The fourth-order valence-corrected chi connectivity index (χ4v) is 2.95. The molecule has 0 bridgehead atoms. The number of aromatic nitrogens is 3. The molecular weight excluding hydrogens is 370 g/mol. The van der Waals surface area contributed by atoms with Gasteiger partial charge in [-0.25, -0.2) is 0 Å². The zero-order chi connectivity index (χ0) is 20.0. The maximum absolute atomic E-state index is 12.4. The van der Waals surface area contributed by atoms with Crippen molar-refractivity contribution < 1.29 is 19.1 Å². The number of ether oxygens (including phenoxy) is 1. The van der Waals surface area contributed by atoms with Crippen LogP contribution in [0.5, 0.6) is 0 Å². The summed E-state index contributed by atoms with van der Waals surface area (Å²) < 4.78 is 6.56. The largest absolute Gasteiger partial charge is 0.466 e. The van der Waals surface area contributed by atoms with E-state index in [0.29, 0.717) is 28.8 Å². The SMILES string of the molecule is CCOC(=O)Cc1nnc(S[C@H](C)C(=O)Nc2ccc(C(N)=O)cc2)n1C. The van der Waals surface area contributed by atoms with E-state index in [0.717, 1.165) is 0 Å². The van der Waals surface area contributed by atoms with Crippen molar-refractivity contribution in [2.24, 2.45) is 12.8 Å². The number of benzene rings is 1. The van der Waals surface area contributed by atoms with Crippen molar-refractivity contribution in [1.29, 1.82) is 0 Å². The first-order valence-corrected chi connectivity index (χ1v) is 9.11. The highest BCUT2D eigenvalue weighted by atomic mass is 32.2. The first-order chi connectivity index (χ1) is 12.8. The first kappa shape index (κ1) is 20.4. The Labute approximate surface area is 160 Å². The van der Waals surface area contributed by atoms with Crippen LogP contribution < -0.4 is 11.1 Å². The van der Waals surface area contributed by atoms with Gasteiger partial charge in [-0.15, -0.1) is 10.2 Å². The summed E-state index contributed by atoms with van der Waals surface area (Å²) in [6.45, 7) is 3.77. The molecule has 0 aliphatic rings. The van der Waals surface area contributed by atoms with Gasteiger partial charge in [0, 0.05) is 18.3 Å². The van der Waals surface area contributed by atoms with Gasteiger partial charge in [-0.3, -0.25) is 14.4 Å². The Balaban J connectivity index is 1.97. The minimum atomic E-state index is -0.530. The average Bonchev–Trinajstić information content (AvgIpc) is 2.95. The number of hydrogen-bond acceptors (Lipinski definition) is 7. The molecule has 2 aromatic rings. The van der Waals surface area contributed by atoms with Crippen molar-refractivity contribution in [2.75, 3.05) is 11.9 Å². The number of nitrogens with one attached hydrogen (secondary N) is 1. The third-order valence-corrected chi connectivity index (χ3v) is 4.76. The van der Waals surface area contributed by atoms with E-state index in [1.54, 1.807) is 49.7 Å². The molecule has 0 aliphatic carbocycles. The Hall–Kier alpha value is -2.88. The average molecular weight is 391 g/mol. The standard InChI is InChI=1S/C17H21N5O4S/c1-4-26-14(23)9-13-20-21-17(22(13)3)27-10(2)16(25)19-12-7-5-11(6-8-12)15(18)24/h5-8,10H,4,9H2,1-3H3,(H2,18,24)(H,19,25)/t10-/m1/s1. The quantitative estimate of drug-likeness (QED) is 0.510. The Morgan fingerprint density at radius 3 is 2.52 bits per heavy atom. The first-order valence-electron chi connectivity index (χ1n) is 8.23. The Kier molecular flexibility index (Phi) is 6.94. The summed E-state index contributed by atoms with van der Waals surface area (Å²) in [5.41, 5.74) is 6.11. The molecule has 9 nitrogen and oxygen atoms in total. The molecule has 2 amide bonds. The van der Waals surface area contributed by atoms with Crippen LogP contribution in [0.2, 0.25) is 0 Å². The number of anilines is 1. The topological polar surface area (TPSA) is 129 Å². The summed E-state index contributed by atoms with van der Waals surface area (Å²) in [5, 5.41) is 10.8. The molecule has 0 unspecified atom stereocenters. The van der Waals surface area contributed by atoms with Gasteiger partial charge in [-0.1, -0.05) is 11.8 Å². The number of esters is 1. The third kappa shape index (κ3) is 5.55. The molecule has 2 rings (SSSR count). The van der Waals surface area contributed by atoms with Gasteiger partial charge in [0.25, 0.3) is 0 Å². The Morgan fingerprint density at radius 2 is 1.93 bits per heavy atom. The monoisotopic (exact) mass is 391 g/mol. The number of rotatable bonds is 8. The molecule has 0 fully saturated rings. The van der Waals surface area contributed by atoms with Crippen molar-refractivity contribution in [3.63, 3.8) is 0 Å². The third-order valence-electron chi connectivity index (χ3n) is 3.62. The van der Waals surface area contributed by atoms with E-state index in [4.69, 9.17) is 10.5 Å². The summed E-state index contributed by atoms with van der Waals surface area (Å²) in [4.78, 5) is 35.0. The van der Waals surface area contributed by atoms with Gasteiger partial charge in [-0.2, -0.15) is 0 Å². The molecular formula is C17H21N5O4S. The second kappa shape index (κ2) is 9.17. The molecule has 0 radical (unpaired) electrons. The van der Waals surface area contributed by atoms with E-state index >= 15 is 0 Å². The smallest absolute Gasteiger partial charge is 0.313 e. The lowest BCUT2D eigenvalue weighted by Crippen LogP contribution is -2.23. The van der Waals surface area contributed by atoms with Crippen molar-refractivity contribution in [3.8, 4) is 0 Å². The van der Waals surface area contributed by atoms with E-state index in [1.807, 2.05) is 0 Å². The summed E-state index contributed by atoms with van der Waals surface area (Å²) in [5.74, 6) is -0.681. The molecule has 3 N–H and O–H groups in total. The van der Waals surface area contributed by atoms with E-state index in [1.165, 1.54) is 11.8 Å². The number of nitrogens with zero attached hydrogens (tertiary/aromatic N) is 3.